The first-order chi connectivity index (χ1) is 8.67. The van der Waals surface area contributed by atoms with Gasteiger partial charge in [-0.3, -0.25) is 5.84 Å². The number of hydrogen-bond acceptors (Lipinski definition) is 4. The Bertz CT molecular complexity index is 543. The zero-order chi connectivity index (χ0) is 13.1. The van der Waals surface area contributed by atoms with Gasteiger partial charge in [0, 0.05) is 5.56 Å². The first-order valence-electron chi connectivity index (χ1n) is 5.19. The zero-order valence-electron chi connectivity index (χ0n) is 9.61. The van der Waals surface area contributed by atoms with Crippen LogP contribution in [0.15, 0.2) is 34.9 Å². The van der Waals surface area contributed by atoms with Crippen LogP contribution >= 0.6 is 23.2 Å². The number of hydrazine groups is 1. The molecule has 1 aromatic heterocycles. The number of furan rings is 1. The van der Waals surface area contributed by atoms with Crippen molar-refractivity contribution in [1.82, 2.24) is 5.43 Å². The molecule has 1 heterocycles. The lowest BCUT2D eigenvalue weighted by Crippen LogP contribution is -2.28. The molecule has 0 aliphatic heterocycles. The Morgan fingerprint density at radius 3 is 2.67 bits per heavy atom. The van der Waals surface area contributed by atoms with Crippen molar-refractivity contribution >= 4 is 23.2 Å². The van der Waals surface area contributed by atoms with Gasteiger partial charge in [0.05, 0.1) is 24.4 Å². The van der Waals surface area contributed by atoms with Gasteiger partial charge in [-0.15, -0.1) is 0 Å². The summed E-state index contributed by atoms with van der Waals surface area (Å²) >= 11 is 11.9. The number of hydrogen-bond donors (Lipinski definition) is 2. The van der Waals surface area contributed by atoms with Crippen LogP contribution in [0.5, 0.6) is 5.75 Å². The number of halogens is 2. The van der Waals surface area contributed by atoms with Crippen molar-refractivity contribution in [3.63, 3.8) is 0 Å². The molecule has 2 rings (SSSR count). The number of methoxy groups -OCH3 is 1. The molecule has 0 saturated carbocycles. The smallest absolute Gasteiger partial charge is 0.198 e. The summed E-state index contributed by atoms with van der Waals surface area (Å²) in [4.78, 5) is 0. The quantitative estimate of drug-likeness (QED) is 0.670. The molecule has 0 aliphatic carbocycles. The van der Waals surface area contributed by atoms with Gasteiger partial charge in [-0.1, -0.05) is 17.7 Å². The van der Waals surface area contributed by atoms with Gasteiger partial charge in [-0.25, -0.2) is 5.43 Å². The second kappa shape index (κ2) is 5.63. The third-order valence-corrected chi connectivity index (χ3v) is 3.25. The van der Waals surface area contributed by atoms with E-state index in [4.69, 9.17) is 38.2 Å². The van der Waals surface area contributed by atoms with Crippen LogP contribution in [0.4, 0.5) is 0 Å². The molecule has 4 nitrogen and oxygen atoms in total. The number of nitrogens with two attached hydrogens (primary N) is 1. The molecule has 0 saturated heterocycles. The number of rotatable bonds is 4. The van der Waals surface area contributed by atoms with E-state index in [-0.39, 0.29) is 6.04 Å². The van der Waals surface area contributed by atoms with Crippen LogP contribution in [0.2, 0.25) is 10.2 Å². The van der Waals surface area contributed by atoms with Crippen LogP contribution in [0, 0.1) is 0 Å². The van der Waals surface area contributed by atoms with Crippen molar-refractivity contribution in [3.8, 4) is 5.75 Å². The highest BCUT2D eigenvalue weighted by atomic mass is 35.5. The highest BCUT2D eigenvalue weighted by Gasteiger charge is 2.19. The topological polar surface area (TPSA) is 60.4 Å². The molecule has 1 unspecified atom stereocenters. The van der Waals surface area contributed by atoms with Crippen molar-refractivity contribution in [2.75, 3.05) is 7.11 Å². The largest absolute Gasteiger partial charge is 0.495 e. The van der Waals surface area contributed by atoms with Crippen LogP contribution in [0.25, 0.3) is 0 Å². The Labute approximate surface area is 115 Å². The standard InChI is InChI=1S/C12H12Cl2N2O2/c1-17-10-6-7(2-3-9(10)13)11(16-15)8-4-5-18-12(8)14/h2-6,11,16H,15H2,1H3. The Morgan fingerprint density at radius 1 is 1.33 bits per heavy atom. The summed E-state index contributed by atoms with van der Waals surface area (Å²) in [5.74, 6) is 6.15. The van der Waals surface area contributed by atoms with Gasteiger partial charge in [0.1, 0.15) is 5.75 Å². The highest BCUT2D eigenvalue weighted by Crippen LogP contribution is 2.33. The Hall–Kier alpha value is -1.20. The fourth-order valence-corrected chi connectivity index (χ4v) is 2.15. The monoisotopic (exact) mass is 286 g/mol. The molecule has 0 amide bonds. The van der Waals surface area contributed by atoms with E-state index in [9.17, 15) is 0 Å². The minimum Gasteiger partial charge on any atom is -0.495 e. The molecule has 96 valence electrons. The van der Waals surface area contributed by atoms with Crippen LogP contribution in [-0.4, -0.2) is 7.11 Å². The van der Waals surface area contributed by atoms with E-state index in [0.717, 1.165) is 11.1 Å². The van der Waals surface area contributed by atoms with Crippen LogP contribution in [0.1, 0.15) is 17.2 Å². The third kappa shape index (κ3) is 2.47. The summed E-state index contributed by atoms with van der Waals surface area (Å²) in [5, 5.41) is 0.835. The second-order valence-electron chi connectivity index (χ2n) is 3.64. The van der Waals surface area contributed by atoms with E-state index in [0.29, 0.717) is 16.0 Å². The van der Waals surface area contributed by atoms with Crippen molar-refractivity contribution in [3.05, 3.63) is 51.9 Å². The molecular formula is C12H12Cl2N2O2. The lowest BCUT2D eigenvalue weighted by Gasteiger charge is -2.16. The maximum atomic E-state index is 5.98. The maximum Gasteiger partial charge on any atom is 0.198 e. The lowest BCUT2D eigenvalue weighted by molar-refractivity contribution is 0.414. The summed E-state index contributed by atoms with van der Waals surface area (Å²) in [6, 6.07) is 6.86. The molecule has 1 atom stereocenters. The van der Waals surface area contributed by atoms with Crippen LogP contribution in [-0.2, 0) is 0 Å². The summed E-state index contributed by atoms with van der Waals surface area (Å²) in [6.07, 6.45) is 1.51. The van der Waals surface area contributed by atoms with Gasteiger partial charge in [-0.05, 0) is 35.4 Å². The molecule has 1 aromatic carbocycles. The van der Waals surface area contributed by atoms with E-state index >= 15 is 0 Å². The minimum atomic E-state index is -0.289. The second-order valence-corrected chi connectivity index (χ2v) is 4.39. The molecule has 18 heavy (non-hydrogen) atoms. The van der Waals surface area contributed by atoms with Crippen LogP contribution in [0.3, 0.4) is 0 Å². The fourth-order valence-electron chi connectivity index (χ4n) is 1.73. The first-order valence-corrected chi connectivity index (χ1v) is 5.95. The average Bonchev–Trinajstić information content (AvgIpc) is 2.79. The van der Waals surface area contributed by atoms with Crippen molar-refractivity contribution in [2.45, 2.75) is 6.04 Å². The van der Waals surface area contributed by atoms with Crippen molar-refractivity contribution in [2.24, 2.45) is 5.84 Å². The fraction of sp³-hybridized carbons (Fsp3) is 0.167. The minimum absolute atomic E-state index is 0.289. The molecule has 0 radical (unpaired) electrons. The predicted molar refractivity (Wildman–Crippen MR) is 70.9 cm³/mol. The predicted octanol–water partition coefficient (Wildman–Crippen LogP) is 3.15. The van der Waals surface area contributed by atoms with Gasteiger partial charge < -0.3 is 9.15 Å². The molecule has 0 aliphatic rings. The molecule has 6 heteroatoms. The lowest BCUT2D eigenvalue weighted by atomic mass is 10.0. The highest BCUT2D eigenvalue weighted by molar-refractivity contribution is 6.32. The zero-order valence-corrected chi connectivity index (χ0v) is 11.1. The summed E-state index contributed by atoms with van der Waals surface area (Å²) in [7, 11) is 1.56. The molecule has 3 N–H and O–H groups in total. The Balaban J connectivity index is 2.42. The van der Waals surface area contributed by atoms with E-state index in [1.807, 2.05) is 6.07 Å². The summed E-state index contributed by atoms with van der Waals surface area (Å²) < 4.78 is 10.2. The van der Waals surface area contributed by atoms with Crippen LogP contribution < -0.4 is 16.0 Å². The van der Waals surface area contributed by atoms with Gasteiger partial charge in [0.25, 0.3) is 0 Å². The molecule has 0 fully saturated rings. The normalized spacial score (nSPS) is 12.4. The molecular weight excluding hydrogens is 275 g/mol. The van der Waals surface area contributed by atoms with E-state index < -0.39 is 0 Å². The number of ether oxygens (including phenoxy) is 1. The summed E-state index contributed by atoms with van der Waals surface area (Å²) in [6.45, 7) is 0. The number of benzene rings is 1. The number of nitrogens with one attached hydrogen (secondary N) is 1. The third-order valence-electron chi connectivity index (χ3n) is 2.63. The van der Waals surface area contributed by atoms with E-state index in [1.165, 1.54) is 6.26 Å². The maximum absolute atomic E-state index is 5.98. The molecule has 0 spiro atoms. The van der Waals surface area contributed by atoms with E-state index in [2.05, 4.69) is 5.43 Å². The Morgan fingerprint density at radius 2 is 2.11 bits per heavy atom. The SMILES string of the molecule is COc1cc(C(NN)c2ccoc2Cl)ccc1Cl. The van der Waals surface area contributed by atoms with Crippen molar-refractivity contribution in [1.29, 1.82) is 0 Å². The average molecular weight is 287 g/mol. The van der Waals surface area contributed by atoms with E-state index in [1.54, 1.807) is 25.3 Å². The molecule has 0 bridgehead atoms. The van der Waals surface area contributed by atoms with Gasteiger partial charge in [0.2, 0.25) is 0 Å². The van der Waals surface area contributed by atoms with Gasteiger partial charge in [0.15, 0.2) is 5.22 Å². The Kier molecular flexibility index (Phi) is 4.14. The first kappa shape index (κ1) is 13.2. The summed E-state index contributed by atoms with van der Waals surface area (Å²) in [5.41, 5.74) is 4.32. The van der Waals surface area contributed by atoms with Gasteiger partial charge >= 0.3 is 0 Å². The van der Waals surface area contributed by atoms with Gasteiger partial charge in [-0.2, -0.15) is 0 Å². The van der Waals surface area contributed by atoms with Crippen molar-refractivity contribution < 1.29 is 9.15 Å². The molecule has 2 aromatic rings.